The summed E-state index contributed by atoms with van der Waals surface area (Å²) in [6, 6.07) is 0.0766. The van der Waals surface area contributed by atoms with Crippen molar-refractivity contribution in [2.24, 2.45) is 11.7 Å². The number of rotatable bonds is 6. The van der Waals surface area contributed by atoms with Crippen LogP contribution in [0, 0.1) is 5.92 Å². The Morgan fingerprint density at radius 2 is 2.24 bits per heavy atom. The number of hydrogen-bond donors (Lipinski definition) is 2. The summed E-state index contributed by atoms with van der Waals surface area (Å²) in [5, 5.41) is 3.13. The summed E-state index contributed by atoms with van der Waals surface area (Å²) in [7, 11) is 0. The Labute approximate surface area is 102 Å². The van der Waals surface area contributed by atoms with Crippen LogP contribution < -0.4 is 16.6 Å². The fourth-order valence-electron chi connectivity index (χ4n) is 1.64. The van der Waals surface area contributed by atoms with Gasteiger partial charge >= 0.3 is 0 Å². The molecule has 0 amide bonds. The van der Waals surface area contributed by atoms with Crippen molar-refractivity contribution in [1.82, 2.24) is 9.55 Å². The third-order valence-electron chi connectivity index (χ3n) is 2.76. The van der Waals surface area contributed by atoms with Crippen molar-refractivity contribution in [2.75, 3.05) is 11.9 Å². The first-order valence-corrected chi connectivity index (χ1v) is 6.12. The second-order valence-electron chi connectivity index (χ2n) is 4.50. The highest BCUT2D eigenvalue weighted by molar-refractivity contribution is 5.32. The first-order valence-electron chi connectivity index (χ1n) is 6.12. The molecule has 0 spiro atoms. The van der Waals surface area contributed by atoms with E-state index in [1.54, 1.807) is 17.0 Å². The van der Waals surface area contributed by atoms with Crippen LogP contribution in [0.1, 0.15) is 27.2 Å². The molecule has 3 N–H and O–H groups in total. The Hall–Kier alpha value is -1.36. The smallest absolute Gasteiger partial charge is 0.293 e. The summed E-state index contributed by atoms with van der Waals surface area (Å²) in [5.41, 5.74) is 5.59. The highest BCUT2D eigenvalue weighted by Crippen LogP contribution is 2.05. The molecule has 0 aliphatic rings. The van der Waals surface area contributed by atoms with Crippen molar-refractivity contribution in [3.63, 3.8) is 0 Å². The van der Waals surface area contributed by atoms with Gasteiger partial charge in [-0.25, -0.2) is 4.98 Å². The van der Waals surface area contributed by atoms with Crippen LogP contribution in [0.25, 0.3) is 0 Å². The Morgan fingerprint density at radius 3 is 2.76 bits per heavy atom. The quantitative estimate of drug-likeness (QED) is 0.777. The van der Waals surface area contributed by atoms with E-state index >= 15 is 0 Å². The molecular weight excluding hydrogens is 216 g/mol. The monoisotopic (exact) mass is 238 g/mol. The van der Waals surface area contributed by atoms with Crippen LogP contribution in [0.3, 0.4) is 0 Å². The van der Waals surface area contributed by atoms with E-state index in [1.165, 1.54) is 0 Å². The number of nitrogens with zero attached hydrogens (tertiary/aromatic N) is 2. The molecule has 1 atom stereocenters. The summed E-state index contributed by atoms with van der Waals surface area (Å²) in [6.45, 7) is 7.37. The molecule has 0 fully saturated rings. The lowest BCUT2D eigenvalue weighted by Gasteiger charge is -2.20. The van der Waals surface area contributed by atoms with Crippen LogP contribution in [0.4, 0.5) is 5.82 Å². The van der Waals surface area contributed by atoms with E-state index < -0.39 is 0 Å². The van der Waals surface area contributed by atoms with Gasteiger partial charge in [-0.3, -0.25) is 4.79 Å². The molecule has 0 saturated carbocycles. The molecule has 1 rings (SSSR count). The predicted octanol–water partition coefficient (Wildman–Crippen LogP) is 1.05. The lowest BCUT2D eigenvalue weighted by atomic mass is 10.1. The molecule has 0 aromatic carbocycles. The van der Waals surface area contributed by atoms with E-state index in [0.29, 0.717) is 24.8 Å². The van der Waals surface area contributed by atoms with E-state index in [2.05, 4.69) is 24.1 Å². The standard InChI is InChI=1S/C12H22N4O/c1-4-6-16-7-5-14-11(12(16)17)15-10(8-13)9(2)3/h5,7,9-10H,4,6,8,13H2,1-3H3,(H,14,15). The van der Waals surface area contributed by atoms with Gasteiger partial charge in [-0.15, -0.1) is 0 Å². The average molecular weight is 238 g/mol. The van der Waals surface area contributed by atoms with Gasteiger partial charge in [0.1, 0.15) is 0 Å². The Morgan fingerprint density at radius 1 is 1.53 bits per heavy atom. The van der Waals surface area contributed by atoms with Crippen LogP contribution in [0.15, 0.2) is 17.2 Å². The number of anilines is 1. The maximum atomic E-state index is 12.0. The van der Waals surface area contributed by atoms with E-state index in [1.807, 2.05) is 6.92 Å². The van der Waals surface area contributed by atoms with Gasteiger partial charge < -0.3 is 15.6 Å². The third kappa shape index (κ3) is 3.56. The molecule has 96 valence electrons. The van der Waals surface area contributed by atoms with Gasteiger partial charge in [0, 0.05) is 31.5 Å². The van der Waals surface area contributed by atoms with Gasteiger partial charge in [0.2, 0.25) is 0 Å². The molecule has 0 saturated heterocycles. The predicted molar refractivity (Wildman–Crippen MR) is 70.1 cm³/mol. The van der Waals surface area contributed by atoms with E-state index in [4.69, 9.17) is 5.73 Å². The summed E-state index contributed by atoms with van der Waals surface area (Å²) >= 11 is 0. The first kappa shape index (κ1) is 13.7. The largest absolute Gasteiger partial charge is 0.361 e. The van der Waals surface area contributed by atoms with Gasteiger partial charge in [-0.2, -0.15) is 0 Å². The van der Waals surface area contributed by atoms with Crippen molar-refractivity contribution in [3.05, 3.63) is 22.7 Å². The highest BCUT2D eigenvalue weighted by Gasteiger charge is 2.14. The topological polar surface area (TPSA) is 72.9 Å². The van der Waals surface area contributed by atoms with Gasteiger partial charge in [0.25, 0.3) is 5.56 Å². The average Bonchev–Trinajstić information content (AvgIpc) is 2.30. The van der Waals surface area contributed by atoms with Gasteiger partial charge in [-0.1, -0.05) is 20.8 Å². The zero-order valence-electron chi connectivity index (χ0n) is 10.8. The second kappa shape index (κ2) is 6.39. The number of hydrogen-bond acceptors (Lipinski definition) is 4. The van der Waals surface area contributed by atoms with Crippen LogP contribution in [0.2, 0.25) is 0 Å². The fraction of sp³-hybridized carbons (Fsp3) is 0.667. The molecule has 5 heteroatoms. The Bertz CT molecular complexity index is 400. The molecular formula is C12H22N4O. The maximum Gasteiger partial charge on any atom is 0.293 e. The van der Waals surface area contributed by atoms with Gasteiger partial charge in [-0.05, 0) is 12.3 Å². The van der Waals surface area contributed by atoms with Crippen molar-refractivity contribution in [2.45, 2.75) is 39.8 Å². The second-order valence-corrected chi connectivity index (χ2v) is 4.50. The summed E-state index contributed by atoms with van der Waals surface area (Å²) in [6.07, 6.45) is 4.28. The lowest BCUT2D eigenvalue weighted by Crippen LogP contribution is -2.37. The van der Waals surface area contributed by atoms with E-state index in [9.17, 15) is 4.79 Å². The van der Waals surface area contributed by atoms with Crippen molar-refractivity contribution < 1.29 is 0 Å². The molecule has 1 aromatic heterocycles. The molecule has 1 unspecified atom stereocenters. The highest BCUT2D eigenvalue weighted by atomic mass is 16.1. The summed E-state index contributed by atoms with van der Waals surface area (Å²) in [5.74, 6) is 0.756. The third-order valence-corrected chi connectivity index (χ3v) is 2.76. The van der Waals surface area contributed by atoms with Crippen LogP contribution in [-0.2, 0) is 6.54 Å². The molecule has 0 bridgehead atoms. The number of nitrogens with two attached hydrogens (primary N) is 1. The molecule has 1 aromatic rings. The fourth-order valence-corrected chi connectivity index (χ4v) is 1.64. The SMILES string of the molecule is CCCn1ccnc(NC(CN)C(C)C)c1=O. The van der Waals surface area contributed by atoms with E-state index in [0.717, 1.165) is 6.42 Å². The van der Waals surface area contributed by atoms with Crippen molar-refractivity contribution in [3.8, 4) is 0 Å². The molecule has 5 nitrogen and oxygen atoms in total. The summed E-state index contributed by atoms with van der Waals surface area (Å²) < 4.78 is 1.67. The van der Waals surface area contributed by atoms with Crippen LogP contribution >= 0.6 is 0 Å². The number of nitrogens with one attached hydrogen (secondary N) is 1. The molecule has 0 radical (unpaired) electrons. The zero-order chi connectivity index (χ0) is 12.8. The molecule has 0 aliphatic carbocycles. The molecule has 17 heavy (non-hydrogen) atoms. The van der Waals surface area contributed by atoms with Crippen molar-refractivity contribution in [1.29, 1.82) is 0 Å². The minimum absolute atomic E-state index is 0.0755. The molecule has 1 heterocycles. The van der Waals surface area contributed by atoms with Crippen LogP contribution in [-0.4, -0.2) is 22.1 Å². The normalized spacial score (nSPS) is 12.8. The van der Waals surface area contributed by atoms with Gasteiger partial charge in [0.05, 0.1) is 0 Å². The summed E-state index contributed by atoms with van der Waals surface area (Å²) in [4.78, 5) is 16.1. The maximum absolute atomic E-state index is 12.0. The first-order chi connectivity index (χ1) is 8.10. The number of aryl methyl sites for hydroxylation is 1. The number of aromatic nitrogens is 2. The Balaban J connectivity index is 2.91. The zero-order valence-corrected chi connectivity index (χ0v) is 10.8. The van der Waals surface area contributed by atoms with Crippen molar-refractivity contribution >= 4 is 5.82 Å². The Kier molecular flexibility index (Phi) is 5.15. The molecule has 0 aliphatic heterocycles. The van der Waals surface area contributed by atoms with Crippen LogP contribution in [0.5, 0.6) is 0 Å². The minimum Gasteiger partial charge on any atom is -0.361 e. The van der Waals surface area contributed by atoms with E-state index in [-0.39, 0.29) is 11.6 Å². The lowest BCUT2D eigenvalue weighted by molar-refractivity contribution is 0.527. The van der Waals surface area contributed by atoms with Gasteiger partial charge in [0.15, 0.2) is 5.82 Å². The minimum atomic E-state index is -0.0755.